The van der Waals surface area contributed by atoms with Crippen LogP contribution in [0.5, 0.6) is 0 Å². The maximum absolute atomic E-state index is 11.4. The first-order valence-corrected chi connectivity index (χ1v) is 6.18. The molecule has 0 saturated carbocycles. The summed E-state index contributed by atoms with van der Waals surface area (Å²) >= 11 is 1.70. The second-order valence-corrected chi connectivity index (χ2v) is 5.05. The number of carbonyl (C=O) groups is 1. The van der Waals surface area contributed by atoms with Gasteiger partial charge in [-0.05, 0) is 30.7 Å². The molecular formula is C12H18N2OS. The Morgan fingerprint density at radius 1 is 1.44 bits per heavy atom. The lowest BCUT2D eigenvalue weighted by molar-refractivity contribution is -0.128. The predicted octanol–water partition coefficient (Wildman–Crippen LogP) is 2.15. The Balaban J connectivity index is 2.46. The molecule has 1 amide bonds. The van der Waals surface area contributed by atoms with E-state index >= 15 is 0 Å². The van der Waals surface area contributed by atoms with Crippen LogP contribution < -0.4 is 5.73 Å². The molecular weight excluding hydrogens is 220 g/mol. The highest BCUT2D eigenvalue weighted by molar-refractivity contribution is 7.99. The molecule has 0 atom stereocenters. The molecule has 0 spiro atoms. The van der Waals surface area contributed by atoms with Gasteiger partial charge in [0, 0.05) is 36.9 Å². The third kappa shape index (κ3) is 3.77. The van der Waals surface area contributed by atoms with Gasteiger partial charge in [-0.25, -0.2) is 0 Å². The van der Waals surface area contributed by atoms with E-state index in [0.29, 0.717) is 6.42 Å². The summed E-state index contributed by atoms with van der Waals surface area (Å²) in [7, 11) is 3.56. The molecule has 16 heavy (non-hydrogen) atoms. The normalized spacial score (nSPS) is 10.2. The Labute approximate surface area is 101 Å². The number of thioether (sulfide) groups is 1. The number of amides is 1. The van der Waals surface area contributed by atoms with E-state index in [4.69, 9.17) is 5.73 Å². The lowest BCUT2D eigenvalue weighted by atomic mass is 10.2. The van der Waals surface area contributed by atoms with Gasteiger partial charge in [0.05, 0.1) is 0 Å². The van der Waals surface area contributed by atoms with Crippen LogP contribution in [0.2, 0.25) is 0 Å². The SMILES string of the molecule is Cc1cc(N)ccc1SCCC(=O)N(C)C. The molecule has 0 bridgehead atoms. The lowest BCUT2D eigenvalue weighted by Gasteiger charge is -2.10. The van der Waals surface area contributed by atoms with Gasteiger partial charge in [-0.2, -0.15) is 0 Å². The summed E-state index contributed by atoms with van der Waals surface area (Å²) in [6.07, 6.45) is 0.571. The lowest BCUT2D eigenvalue weighted by Crippen LogP contribution is -2.21. The molecule has 1 aromatic rings. The quantitative estimate of drug-likeness (QED) is 0.646. The zero-order chi connectivity index (χ0) is 12.1. The van der Waals surface area contributed by atoms with Crippen LogP contribution in [0.1, 0.15) is 12.0 Å². The number of anilines is 1. The van der Waals surface area contributed by atoms with Crippen LogP contribution in [0.25, 0.3) is 0 Å². The van der Waals surface area contributed by atoms with E-state index in [0.717, 1.165) is 11.4 Å². The van der Waals surface area contributed by atoms with E-state index < -0.39 is 0 Å². The fraction of sp³-hybridized carbons (Fsp3) is 0.417. The Bertz CT molecular complexity index is 377. The van der Waals surface area contributed by atoms with E-state index in [1.54, 1.807) is 30.8 Å². The summed E-state index contributed by atoms with van der Waals surface area (Å²) in [6, 6.07) is 5.86. The summed E-state index contributed by atoms with van der Waals surface area (Å²) < 4.78 is 0. The van der Waals surface area contributed by atoms with Gasteiger partial charge in [-0.3, -0.25) is 4.79 Å². The van der Waals surface area contributed by atoms with Crippen LogP contribution in [0.4, 0.5) is 5.69 Å². The molecule has 0 unspecified atom stereocenters. The summed E-state index contributed by atoms with van der Waals surface area (Å²) in [4.78, 5) is 14.2. The number of nitrogens with zero attached hydrogens (tertiary/aromatic N) is 1. The highest BCUT2D eigenvalue weighted by Crippen LogP contribution is 2.24. The van der Waals surface area contributed by atoms with Crippen molar-refractivity contribution in [2.24, 2.45) is 0 Å². The average molecular weight is 238 g/mol. The van der Waals surface area contributed by atoms with E-state index in [1.807, 2.05) is 25.1 Å². The van der Waals surface area contributed by atoms with Crippen molar-refractivity contribution >= 4 is 23.4 Å². The van der Waals surface area contributed by atoms with E-state index in [-0.39, 0.29) is 5.91 Å². The van der Waals surface area contributed by atoms with Crippen LogP contribution in [0, 0.1) is 6.92 Å². The Morgan fingerprint density at radius 2 is 2.12 bits per heavy atom. The first kappa shape index (κ1) is 12.9. The molecule has 4 heteroatoms. The minimum absolute atomic E-state index is 0.167. The van der Waals surface area contributed by atoms with Crippen molar-refractivity contribution in [3.8, 4) is 0 Å². The van der Waals surface area contributed by atoms with Crippen molar-refractivity contribution in [3.05, 3.63) is 23.8 Å². The molecule has 0 fully saturated rings. The highest BCUT2D eigenvalue weighted by atomic mass is 32.2. The fourth-order valence-corrected chi connectivity index (χ4v) is 2.25. The van der Waals surface area contributed by atoms with Crippen LogP contribution in [0.3, 0.4) is 0 Å². The summed E-state index contributed by atoms with van der Waals surface area (Å²) in [5.74, 6) is 0.975. The minimum atomic E-state index is 0.167. The number of nitrogens with two attached hydrogens (primary N) is 1. The molecule has 0 aliphatic rings. The zero-order valence-electron chi connectivity index (χ0n) is 9.99. The molecule has 0 aliphatic heterocycles. The summed E-state index contributed by atoms with van der Waals surface area (Å²) in [5, 5.41) is 0. The van der Waals surface area contributed by atoms with Gasteiger partial charge in [0.2, 0.25) is 5.91 Å². The van der Waals surface area contributed by atoms with E-state index in [2.05, 4.69) is 0 Å². The topological polar surface area (TPSA) is 46.3 Å². The van der Waals surface area contributed by atoms with Crippen LogP contribution in [0.15, 0.2) is 23.1 Å². The molecule has 0 radical (unpaired) electrons. The number of hydrogen-bond acceptors (Lipinski definition) is 3. The van der Waals surface area contributed by atoms with Gasteiger partial charge < -0.3 is 10.6 Å². The van der Waals surface area contributed by atoms with Crippen LogP contribution in [-0.2, 0) is 4.79 Å². The maximum atomic E-state index is 11.4. The fourth-order valence-electron chi connectivity index (χ4n) is 1.31. The molecule has 0 aromatic heterocycles. The number of hydrogen-bond donors (Lipinski definition) is 1. The monoisotopic (exact) mass is 238 g/mol. The van der Waals surface area contributed by atoms with Gasteiger partial charge in [0.25, 0.3) is 0 Å². The second-order valence-electron chi connectivity index (χ2n) is 3.91. The highest BCUT2D eigenvalue weighted by Gasteiger charge is 2.05. The Kier molecular flexibility index (Phi) is 4.68. The first-order chi connectivity index (χ1) is 7.50. The van der Waals surface area contributed by atoms with Crippen LogP contribution >= 0.6 is 11.8 Å². The largest absolute Gasteiger partial charge is 0.399 e. The van der Waals surface area contributed by atoms with Crippen molar-refractivity contribution in [1.82, 2.24) is 4.90 Å². The van der Waals surface area contributed by atoms with Gasteiger partial charge in [0.15, 0.2) is 0 Å². The first-order valence-electron chi connectivity index (χ1n) is 5.20. The predicted molar refractivity (Wildman–Crippen MR) is 69.6 cm³/mol. The van der Waals surface area contributed by atoms with Crippen molar-refractivity contribution in [1.29, 1.82) is 0 Å². The molecule has 0 saturated heterocycles. The van der Waals surface area contributed by atoms with Gasteiger partial charge >= 0.3 is 0 Å². The van der Waals surface area contributed by atoms with Gasteiger partial charge in [-0.15, -0.1) is 11.8 Å². The molecule has 0 aliphatic carbocycles. The molecule has 2 N–H and O–H groups in total. The summed E-state index contributed by atoms with van der Waals surface area (Å²) in [5.41, 5.74) is 7.63. The van der Waals surface area contributed by atoms with Crippen molar-refractivity contribution in [2.75, 3.05) is 25.6 Å². The average Bonchev–Trinajstić information content (AvgIpc) is 2.20. The smallest absolute Gasteiger partial charge is 0.222 e. The number of benzene rings is 1. The molecule has 3 nitrogen and oxygen atoms in total. The van der Waals surface area contributed by atoms with Gasteiger partial charge in [0.1, 0.15) is 0 Å². The molecule has 1 aromatic carbocycles. The minimum Gasteiger partial charge on any atom is -0.399 e. The van der Waals surface area contributed by atoms with E-state index in [9.17, 15) is 4.79 Å². The molecule has 1 rings (SSSR count). The van der Waals surface area contributed by atoms with Crippen LogP contribution in [-0.4, -0.2) is 30.7 Å². The number of nitrogen functional groups attached to an aromatic ring is 1. The zero-order valence-corrected chi connectivity index (χ0v) is 10.8. The van der Waals surface area contributed by atoms with E-state index in [1.165, 1.54) is 10.5 Å². The van der Waals surface area contributed by atoms with Crippen molar-refractivity contribution in [2.45, 2.75) is 18.2 Å². The number of carbonyl (C=O) groups excluding carboxylic acids is 1. The molecule has 88 valence electrons. The standard InChI is InChI=1S/C12H18N2OS/c1-9-8-10(13)4-5-11(9)16-7-6-12(15)14(2)3/h4-5,8H,6-7,13H2,1-3H3. The Morgan fingerprint density at radius 3 is 2.69 bits per heavy atom. The second kappa shape index (κ2) is 5.80. The number of aryl methyl sites for hydroxylation is 1. The molecule has 0 heterocycles. The van der Waals surface area contributed by atoms with Gasteiger partial charge in [-0.1, -0.05) is 0 Å². The summed E-state index contributed by atoms with van der Waals surface area (Å²) in [6.45, 7) is 2.03. The maximum Gasteiger partial charge on any atom is 0.222 e. The third-order valence-corrected chi connectivity index (χ3v) is 3.45. The third-order valence-electron chi connectivity index (χ3n) is 2.27. The van der Waals surface area contributed by atoms with Crippen molar-refractivity contribution in [3.63, 3.8) is 0 Å². The Hall–Kier alpha value is -1.16. The van der Waals surface area contributed by atoms with Crippen molar-refractivity contribution < 1.29 is 4.79 Å². The number of rotatable bonds is 4.